The summed E-state index contributed by atoms with van der Waals surface area (Å²) in [6.07, 6.45) is 1.98. The largest absolute Gasteiger partial charge is 0.335 e. The lowest BCUT2D eigenvalue weighted by atomic mass is 9.95. The molecule has 0 N–H and O–H groups in total. The maximum atomic E-state index is 15.0. The van der Waals surface area contributed by atoms with E-state index in [0.29, 0.717) is 18.1 Å². The van der Waals surface area contributed by atoms with E-state index in [9.17, 15) is 18.0 Å². The van der Waals surface area contributed by atoms with Gasteiger partial charge in [0.25, 0.3) is 0 Å². The SMILES string of the molecule is CC(C)N1CC2N(C(=O)C(N3CCCCC3)CN2S(=O)(=O)c2cc(Cl)ccc2F)C(Cc2ccc(Cl)cc2)C1=O. The van der Waals surface area contributed by atoms with Gasteiger partial charge in [-0.15, -0.1) is 0 Å². The number of nitrogens with zero attached hydrogens (tertiary/aromatic N) is 4. The highest BCUT2D eigenvalue weighted by atomic mass is 35.5. The molecule has 0 bridgehead atoms. The zero-order valence-corrected chi connectivity index (χ0v) is 24.8. The number of sulfonamides is 1. The molecule has 3 aliphatic rings. The second-order valence-corrected chi connectivity index (χ2v) is 13.7. The van der Waals surface area contributed by atoms with Crippen molar-refractivity contribution in [3.8, 4) is 0 Å². The quantitative estimate of drug-likeness (QED) is 0.494. The van der Waals surface area contributed by atoms with Gasteiger partial charge in [-0.1, -0.05) is 41.8 Å². The van der Waals surface area contributed by atoms with E-state index in [1.165, 1.54) is 15.3 Å². The van der Waals surface area contributed by atoms with E-state index >= 15 is 4.39 Å². The number of rotatable bonds is 6. The molecule has 0 spiro atoms. The molecule has 2 aromatic carbocycles. The molecule has 0 aliphatic carbocycles. The van der Waals surface area contributed by atoms with Crippen molar-refractivity contribution in [1.82, 2.24) is 19.0 Å². The minimum Gasteiger partial charge on any atom is -0.335 e. The monoisotopic (exact) mass is 610 g/mol. The Balaban J connectivity index is 1.63. The average molecular weight is 612 g/mol. The maximum absolute atomic E-state index is 15.0. The van der Waals surface area contributed by atoms with Gasteiger partial charge in [-0.2, -0.15) is 4.31 Å². The molecule has 0 saturated carbocycles. The van der Waals surface area contributed by atoms with Gasteiger partial charge in [-0.25, -0.2) is 12.8 Å². The van der Waals surface area contributed by atoms with Crippen LogP contribution in [0.25, 0.3) is 0 Å². The van der Waals surface area contributed by atoms with E-state index in [2.05, 4.69) is 0 Å². The van der Waals surface area contributed by atoms with E-state index < -0.39 is 39.0 Å². The third-order valence-electron chi connectivity index (χ3n) is 8.09. The maximum Gasteiger partial charge on any atom is 0.247 e. The molecule has 3 atom stereocenters. The molecule has 5 rings (SSSR count). The summed E-state index contributed by atoms with van der Waals surface area (Å²) >= 11 is 12.2. The minimum atomic E-state index is -4.45. The Morgan fingerprint density at radius 1 is 0.925 bits per heavy atom. The van der Waals surface area contributed by atoms with Gasteiger partial charge in [0.1, 0.15) is 29.0 Å². The second-order valence-electron chi connectivity index (χ2n) is 10.9. The molecule has 3 unspecified atom stereocenters. The Kier molecular flexibility index (Phi) is 8.46. The summed E-state index contributed by atoms with van der Waals surface area (Å²) in [7, 11) is -4.45. The molecule has 40 heavy (non-hydrogen) atoms. The van der Waals surface area contributed by atoms with Crippen LogP contribution in [-0.4, -0.2) is 89.7 Å². The highest BCUT2D eigenvalue weighted by Crippen LogP contribution is 2.35. The Hall–Kier alpha value is -2.24. The van der Waals surface area contributed by atoms with E-state index in [0.717, 1.165) is 37.0 Å². The standard InChI is InChI=1S/C28H33Cl2FN4O4S/c1-18(2)33-17-26-34(40(38,39)25-15-21(30)10-11-22(25)31)16-24(32-12-4-3-5-13-32)28(37)35(26)23(27(33)36)14-19-6-8-20(29)9-7-19/h6-11,15,18,23-24,26H,3-5,12-14,16-17H2,1-2H3. The Labute approximate surface area is 244 Å². The van der Waals surface area contributed by atoms with Crippen LogP contribution in [0.1, 0.15) is 38.7 Å². The van der Waals surface area contributed by atoms with Gasteiger partial charge < -0.3 is 9.80 Å². The number of benzene rings is 2. The third-order valence-corrected chi connectivity index (χ3v) is 10.5. The fourth-order valence-corrected chi connectivity index (χ4v) is 8.03. The van der Waals surface area contributed by atoms with Crippen LogP contribution >= 0.6 is 23.2 Å². The van der Waals surface area contributed by atoms with Crippen LogP contribution in [0, 0.1) is 5.82 Å². The molecule has 3 fully saturated rings. The molecule has 2 aromatic rings. The molecule has 0 aromatic heterocycles. The fourth-order valence-electron chi connectivity index (χ4n) is 6.00. The van der Waals surface area contributed by atoms with Gasteiger partial charge in [-0.3, -0.25) is 14.5 Å². The number of carbonyl (C=O) groups is 2. The van der Waals surface area contributed by atoms with Crippen LogP contribution in [0.5, 0.6) is 0 Å². The number of carbonyl (C=O) groups excluding carboxylic acids is 2. The van der Waals surface area contributed by atoms with Crippen LogP contribution < -0.4 is 0 Å². The number of piperidine rings is 1. The Morgan fingerprint density at radius 3 is 2.23 bits per heavy atom. The van der Waals surface area contributed by atoms with Crippen molar-refractivity contribution in [3.63, 3.8) is 0 Å². The van der Waals surface area contributed by atoms with Crippen molar-refractivity contribution in [1.29, 1.82) is 0 Å². The van der Waals surface area contributed by atoms with E-state index in [-0.39, 0.29) is 42.4 Å². The lowest BCUT2D eigenvalue weighted by molar-refractivity contribution is -0.172. The van der Waals surface area contributed by atoms with Gasteiger partial charge in [0.15, 0.2) is 0 Å². The van der Waals surface area contributed by atoms with Crippen LogP contribution in [-0.2, 0) is 26.0 Å². The molecular formula is C28H33Cl2FN4O4S. The van der Waals surface area contributed by atoms with Crippen molar-refractivity contribution >= 4 is 45.0 Å². The van der Waals surface area contributed by atoms with Crippen LogP contribution in [0.2, 0.25) is 10.0 Å². The summed E-state index contributed by atoms with van der Waals surface area (Å²) in [4.78, 5) is 32.6. The van der Waals surface area contributed by atoms with E-state index in [1.54, 1.807) is 29.2 Å². The Bertz CT molecular complexity index is 1390. The number of piperazine rings is 1. The molecule has 216 valence electrons. The Morgan fingerprint density at radius 2 is 1.57 bits per heavy atom. The summed E-state index contributed by atoms with van der Waals surface area (Å²) < 4.78 is 44.5. The second kappa shape index (κ2) is 11.6. The third kappa shape index (κ3) is 5.48. The highest BCUT2D eigenvalue weighted by Gasteiger charge is 2.55. The summed E-state index contributed by atoms with van der Waals surface area (Å²) in [5.74, 6) is -1.45. The van der Waals surface area contributed by atoms with E-state index in [4.69, 9.17) is 23.2 Å². The topological polar surface area (TPSA) is 81.2 Å². The summed E-state index contributed by atoms with van der Waals surface area (Å²) in [5, 5.41) is 0.626. The number of amides is 2. The molecule has 3 saturated heterocycles. The first kappa shape index (κ1) is 29.3. The molecule has 2 amide bonds. The molecule has 12 heteroatoms. The van der Waals surface area contributed by atoms with Crippen LogP contribution in [0.3, 0.4) is 0 Å². The van der Waals surface area contributed by atoms with Crippen LogP contribution in [0.15, 0.2) is 47.4 Å². The number of likely N-dealkylation sites (tertiary alicyclic amines) is 1. The van der Waals surface area contributed by atoms with Gasteiger partial charge in [0.2, 0.25) is 21.8 Å². The molecule has 3 aliphatic heterocycles. The number of halogens is 3. The minimum absolute atomic E-state index is 0.0203. The van der Waals surface area contributed by atoms with Gasteiger partial charge >= 0.3 is 0 Å². The average Bonchev–Trinajstić information content (AvgIpc) is 2.92. The van der Waals surface area contributed by atoms with Crippen molar-refractivity contribution in [2.75, 3.05) is 26.2 Å². The smallest absolute Gasteiger partial charge is 0.247 e. The fraction of sp³-hybridized carbons (Fsp3) is 0.500. The summed E-state index contributed by atoms with van der Waals surface area (Å²) in [5.41, 5.74) is 0.787. The molecule has 3 heterocycles. The molecule has 0 radical (unpaired) electrons. The lowest BCUT2D eigenvalue weighted by Gasteiger charge is -2.55. The first-order valence-electron chi connectivity index (χ1n) is 13.6. The number of hydrogen-bond acceptors (Lipinski definition) is 5. The zero-order valence-electron chi connectivity index (χ0n) is 22.5. The van der Waals surface area contributed by atoms with Gasteiger partial charge in [-0.05, 0) is 75.7 Å². The number of hydrogen-bond donors (Lipinski definition) is 0. The van der Waals surface area contributed by atoms with Gasteiger partial charge in [0.05, 0.1) is 6.54 Å². The lowest BCUT2D eigenvalue weighted by Crippen LogP contribution is -2.76. The highest BCUT2D eigenvalue weighted by molar-refractivity contribution is 7.89. The van der Waals surface area contributed by atoms with Crippen molar-refractivity contribution < 1.29 is 22.4 Å². The van der Waals surface area contributed by atoms with Crippen LogP contribution in [0.4, 0.5) is 4.39 Å². The predicted molar refractivity (Wildman–Crippen MR) is 151 cm³/mol. The normalized spacial score (nSPS) is 25.0. The first-order chi connectivity index (χ1) is 19.0. The van der Waals surface area contributed by atoms with Gasteiger partial charge in [0, 0.05) is 29.1 Å². The van der Waals surface area contributed by atoms with Crippen molar-refractivity contribution in [2.45, 2.75) is 68.7 Å². The van der Waals surface area contributed by atoms with Crippen molar-refractivity contribution in [2.24, 2.45) is 0 Å². The number of fused-ring (bicyclic) bond motifs is 1. The zero-order chi connectivity index (χ0) is 28.8. The predicted octanol–water partition coefficient (Wildman–Crippen LogP) is 4.01. The summed E-state index contributed by atoms with van der Waals surface area (Å²) in [6.45, 7) is 4.83. The summed E-state index contributed by atoms with van der Waals surface area (Å²) in [6, 6.07) is 8.47. The molecule has 8 nitrogen and oxygen atoms in total. The molecular weight excluding hydrogens is 578 g/mol. The first-order valence-corrected chi connectivity index (χ1v) is 15.8. The van der Waals surface area contributed by atoms with Crippen molar-refractivity contribution in [3.05, 3.63) is 63.9 Å². The van der Waals surface area contributed by atoms with E-state index in [1.807, 2.05) is 18.7 Å².